The van der Waals surface area contributed by atoms with Crippen molar-refractivity contribution >= 4 is 0 Å². The first-order valence-corrected chi connectivity index (χ1v) is 6.03. The Labute approximate surface area is 101 Å². The van der Waals surface area contributed by atoms with E-state index in [-0.39, 0.29) is 25.1 Å². The highest BCUT2D eigenvalue weighted by molar-refractivity contribution is 5.14. The standard InChI is InChI=1S/C13H17NO3/c15-9-12-11-7-14(8-13(16-11)17-12)6-10-4-2-1-3-5-10/h1-5,11-13,15H,6-9H2/t11-,12+,13-/m0/s1. The van der Waals surface area contributed by atoms with Gasteiger partial charge in [0, 0.05) is 19.6 Å². The van der Waals surface area contributed by atoms with Crippen LogP contribution in [0.25, 0.3) is 0 Å². The second-order valence-corrected chi connectivity index (χ2v) is 4.64. The van der Waals surface area contributed by atoms with Crippen molar-refractivity contribution in [1.29, 1.82) is 0 Å². The molecule has 1 aromatic rings. The van der Waals surface area contributed by atoms with Crippen LogP contribution in [0.1, 0.15) is 5.56 Å². The fourth-order valence-corrected chi connectivity index (χ4v) is 2.52. The molecule has 0 saturated carbocycles. The zero-order chi connectivity index (χ0) is 11.7. The summed E-state index contributed by atoms with van der Waals surface area (Å²) in [5.74, 6) is 0. The number of benzene rings is 1. The summed E-state index contributed by atoms with van der Waals surface area (Å²) in [4.78, 5) is 2.32. The van der Waals surface area contributed by atoms with Crippen LogP contribution < -0.4 is 0 Å². The van der Waals surface area contributed by atoms with E-state index < -0.39 is 0 Å². The fraction of sp³-hybridized carbons (Fsp3) is 0.538. The molecule has 1 N–H and O–H groups in total. The van der Waals surface area contributed by atoms with Crippen LogP contribution in [0.15, 0.2) is 30.3 Å². The Balaban J connectivity index is 1.64. The minimum atomic E-state index is -0.172. The molecule has 3 rings (SSSR count). The van der Waals surface area contributed by atoms with E-state index >= 15 is 0 Å². The third kappa shape index (κ3) is 2.35. The van der Waals surface area contributed by atoms with Crippen molar-refractivity contribution in [1.82, 2.24) is 4.90 Å². The first-order valence-electron chi connectivity index (χ1n) is 6.03. The molecule has 0 spiro atoms. The van der Waals surface area contributed by atoms with E-state index in [0.29, 0.717) is 0 Å². The van der Waals surface area contributed by atoms with Gasteiger partial charge in [0.05, 0.1) is 6.61 Å². The molecule has 2 bridgehead atoms. The molecule has 0 aliphatic carbocycles. The molecule has 0 radical (unpaired) electrons. The van der Waals surface area contributed by atoms with E-state index in [2.05, 4.69) is 29.2 Å². The monoisotopic (exact) mass is 235 g/mol. The van der Waals surface area contributed by atoms with Crippen molar-refractivity contribution in [3.05, 3.63) is 35.9 Å². The number of hydrogen-bond donors (Lipinski definition) is 1. The summed E-state index contributed by atoms with van der Waals surface area (Å²) in [7, 11) is 0. The topological polar surface area (TPSA) is 41.9 Å². The average Bonchev–Trinajstić information content (AvgIpc) is 2.65. The number of aliphatic hydroxyl groups excluding tert-OH is 1. The van der Waals surface area contributed by atoms with E-state index in [1.54, 1.807) is 0 Å². The van der Waals surface area contributed by atoms with Crippen molar-refractivity contribution in [3.63, 3.8) is 0 Å². The third-order valence-electron chi connectivity index (χ3n) is 3.34. The summed E-state index contributed by atoms with van der Waals surface area (Å²) in [5, 5.41) is 9.17. The quantitative estimate of drug-likeness (QED) is 0.833. The van der Waals surface area contributed by atoms with Crippen LogP contribution in [0, 0.1) is 0 Å². The Morgan fingerprint density at radius 3 is 2.76 bits per heavy atom. The number of rotatable bonds is 3. The Morgan fingerprint density at radius 2 is 2.00 bits per heavy atom. The molecular formula is C13H17NO3. The van der Waals surface area contributed by atoms with Crippen molar-refractivity contribution in [2.24, 2.45) is 0 Å². The maximum Gasteiger partial charge on any atom is 0.171 e. The van der Waals surface area contributed by atoms with Crippen molar-refractivity contribution in [2.45, 2.75) is 25.0 Å². The third-order valence-corrected chi connectivity index (χ3v) is 3.34. The molecule has 3 atom stereocenters. The van der Waals surface area contributed by atoms with Crippen LogP contribution in [0.3, 0.4) is 0 Å². The van der Waals surface area contributed by atoms with Crippen LogP contribution in [-0.4, -0.2) is 48.2 Å². The van der Waals surface area contributed by atoms with Gasteiger partial charge in [-0.25, -0.2) is 0 Å². The number of hydrogen-bond acceptors (Lipinski definition) is 4. The van der Waals surface area contributed by atoms with Gasteiger partial charge in [0.2, 0.25) is 0 Å². The van der Waals surface area contributed by atoms with E-state index in [1.807, 2.05) is 6.07 Å². The molecule has 2 fully saturated rings. The summed E-state index contributed by atoms with van der Waals surface area (Å²) in [6.07, 6.45) is -0.308. The lowest BCUT2D eigenvalue weighted by atomic mass is 10.1. The molecule has 1 aromatic carbocycles. The normalized spacial score (nSPS) is 32.9. The highest BCUT2D eigenvalue weighted by Gasteiger charge is 2.41. The molecule has 17 heavy (non-hydrogen) atoms. The predicted octanol–water partition coefficient (Wildman–Crippen LogP) is 0.605. The number of fused-ring (bicyclic) bond motifs is 2. The lowest BCUT2D eigenvalue weighted by Crippen LogP contribution is -2.44. The Hall–Kier alpha value is -0.940. The second kappa shape index (κ2) is 4.74. The summed E-state index contributed by atoms with van der Waals surface area (Å²) in [5.41, 5.74) is 1.30. The molecule has 0 aromatic heterocycles. The summed E-state index contributed by atoms with van der Waals surface area (Å²) >= 11 is 0. The number of nitrogens with zero attached hydrogens (tertiary/aromatic N) is 1. The first-order chi connectivity index (χ1) is 8.35. The highest BCUT2D eigenvalue weighted by Crippen LogP contribution is 2.26. The van der Waals surface area contributed by atoms with Gasteiger partial charge in [-0.05, 0) is 5.56 Å². The minimum Gasteiger partial charge on any atom is -0.394 e. The smallest absolute Gasteiger partial charge is 0.171 e. The molecule has 0 amide bonds. The van der Waals surface area contributed by atoms with Gasteiger partial charge in [-0.1, -0.05) is 30.3 Å². The number of ether oxygens (including phenoxy) is 2. The van der Waals surface area contributed by atoms with Gasteiger partial charge in [0.25, 0.3) is 0 Å². The molecule has 2 saturated heterocycles. The first kappa shape index (κ1) is 11.2. The van der Waals surface area contributed by atoms with Crippen molar-refractivity contribution < 1.29 is 14.6 Å². The number of aliphatic hydroxyl groups is 1. The Morgan fingerprint density at radius 1 is 1.18 bits per heavy atom. The molecular weight excluding hydrogens is 218 g/mol. The lowest BCUT2D eigenvalue weighted by molar-refractivity contribution is -0.113. The fourth-order valence-electron chi connectivity index (χ4n) is 2.52. The predicted molar refractivity (Wildman–Crippen MR) is 62.3 cm³/mol. The molecule has 2 aliphatic heterocycles. The molecule has 2 aliphatic rings. The van der Waals surface area contributed by atoms with Crippen LogP contribution in [0.4, 0.5) is 0 Å². The van der Waals surface area contributed by atoms with E-state index in [4.69, 9.17) is 14.6 Å². The highest BCUT2D eigenvalue weighted by atomic mass is 16.7. The SMILES string of the molecule is OC[C@H]1O[C@H]2CN(Cc3ccccc3)C[C@@H]1O2. The van der Waals surface area contributed by atoms with Gasteiger partial charge in [-0.3, -0.25) is 4.90 Å². The lowest BCUT2D eigenvalue weighted by Gasteiger charge is -2.30. The van der Waals surface area contributed by atoms with Crippen molar-refractivity contribution in [2.75, 3.05) is 19.7 Å². The van der Waals surface area contributed by atoms with Gasteiger partial charge in [-0.15, -0.1) is 0 Å². The molecule has 2 heterocycles. The van der Waals surface area contributed by atoms with E-state index in [9.17, 15) is 0 Å². The van der Waals surface area contributed by atoms with Crippen LogP contribution in [-0.2, 0) is 16.0 Å². The zero-order valence-electron chi connectivity index (χ0n) is 9.66. The van der Waals surface area contributed by atoms with Gasteiger partial charge < -0.3 is 14.6 Å². The zero-order valence-corrected chi connectivity index (χ0v) is 9.66. The molecule has 4 nitrogen and oxygen atoms in total. The maximum absolute atomic E-state index is 9.17. The van der Waals surface area contributed by atoms with Gasteiger partial charge in [-0.2, -0.15) is 0 Å². The average molecular weight is 235 g/mol. The molecule has 4 heteroatoms. The van der Waals surface area contributed by atoms with E-state index in [0.717, 1.165) is 19.6 Å². The molecule has 0 unspecified atom stereocenters. The summed E-state index contributed by atoms with van der Waals surface area (Å²) < 4.78 is 11.2. The van der Waals surface area contributed by atoms with Crippen molar-refractivity contribution in [3.8, 4) is 0 Å². The van der Waals surface area contributed by atoms with Crippen LogP contribution in [0.2, 0.25) is 0 Å². The molecule has 92 valence electrons. The van der Waals surface area contributed by atoms with Gasteiger partial charge >= 0.3 is 0 Å². The Kier molecular flexibility index (Phi) is 3.11. The van der Waals surface area contributed by atoms with E-state index in [1.165, 1.54) is 5.56 Å². The Bertz CT molecular complexity index is 370. The largest absolute Gasteiger partial charge is 0.394 e. The van der Waals surface area contributed by atoms with Crippen LogP contribution >= 0.6 is 0 Å². The van der Waals surface area contributed by atoms with Gasteiger partial charge in [0.15, 0.2) is 6.29 Å². The summed E-state index contributed by atoms with van der Waals surface area (Å²) in [6, 6.07) is 10.4. The minimum absolute atomic E-state index is 0.0162. The maximum atomic E-state index is 9.17. The number of morpholine rings is 1. The summed E-state index contributed by atoms with van der Waals surface area (Å²) in [6.45, 7) is 2.57. The second-order valence-electron chi connectivity index (χ2n) is 4.64. The van der Waals surface area contributed by atoms with Crippen LogP contribution in [0.5, 0.6) is 0 Å². The van der Waals surface area contributed by atoms with Gasteiger partial charge in [0.1, 0.15) is 12.2 Å².